The Labute approximate surface area is 136 Å². The summed E-state index contributed by atoms with van der Waals surface area (Å²) in [5.74, 6) is 0. The molecule has 1 aliphatic rings. The van der Waals surface area contributed by atoms with Crippen LogP contribution in [0.2, 0.25) is 5.02 Å². The van der Waals surface area contributed by atoms with Gasteiger partial charge in [-0.1, -0.05) is 18.5 Å². The molecule has 5 nitrogen and oxygen atoms in total. The summed E-state index contributed by atoms with van der Waals surface area (Å²) in [6.45, 7) is 7.31. The minimum absolute atomic E-state index is 0.254. The lowest BCUT2D eigenvalue weighted by atomic mass is 10.1. The molecule has 1 saturated heterocycles. The average molecular weight is 323 g/mol. The molecule has 0 aromatic carbocycles. The van der Waals surface area contributed by atoms with Crippen LogP contribution in [0.1, 0.15) is 19.0 Å². The van der Waals surface area contributed by atoms with E-state index >= 15 is 0 Å². The summed E-state index contributed by atoms with van der Waals surface area (Å²) < 4.78 is 1.98. The normalized spacial score (nSPS) is 18.9. The Bertz CT molecular complexity index is 618. The molecule has 0 aliphatic carbocycles. The van der Waals surface area contributed by atoms with Crippen LogP contribution in [0, 0.1) is 0 Å². The Hall–Kier alpha value is -1.14. The standard InChI is InChI=1S/C16H23ClN4O/c1-2-15(12-22)20-7-5-19(6-8-20)10-14-11-21-9-13(17)3-4-16(21)18-14/h3-4,9,11,15,22H,2,5-8,10,12H2,1H3. The molecule has 2 aromatic rings. The molecule has 2 aromatic heterocycles. The number of piperazine rings is 1. The molecule has 0 spiro atoms. The predicted octanol–water partition coefficient (Wildman–Crippen LogP) is 1.88. The zero-order valence-corrected chi connectivity index (χ0v) is 13.7. The van der Waals surface area contributed by atoms with Crippen molar-refractivity contribution in [1.29, 1.82) is 0 Å². The molecular formula is C16H23ClN4O. The number of imidazole rings is 1. The number of aromatic nitrogens is 2. The number of fused-ring (bicyclic) bond motifs is 1. The molecule has 1 atom stereocenters. The molecule has 0 amide bonds. The highest BCUT2D eigenvalue weighted by molar-refractivity contribution is 6.30. The highest BCUT2D eigenvalue weighted by Crippen LogP contribution is 2.15. The lowest BCUT2D eigenvalue weighted by Gasteiger charge is -2.38. The van der Waals surface area contributed by atoms with E-state index in [1.807, 2.05) is 22.7 Å². The molecule has 3 heterocycles. The molecule has 1 aliphatic heterocycles. The van der Waals surface area contributed by atoms with E-state index in [4.69, 9.17) is 11.6 Å². The van der Waals surface area contributed by atoms with E-state index in [0.717, 1.165) is 55.5 Å². The molecule has 120 valence electrons. The summed E-state index contributed by atoms with van der Waals surface area (Å²) >= 11 is 6.01. The van der Waals surface area contributed by atoms with Crippen LogP contribution in [-0.2, 0) is 6.54 Å². The third-order valence-corrected chi connectivity index (χ3v) is 4.68. The van der Waals surface area contributed by atoms with Crippen LogP contribution >= 0.6 is 11.6 Å². The number of rotatable bonds is 5. The van der Waals surface area contributed by atoms with Crippen LogP contribution in [0.3, 0.4) is 0 Å². The van der Waals surface area contributed by atoms with E-state index in [-0.39, 0.29) is 6.61 Å². The van der Waals surface area contributed by atoms with Crippen LogP contribution in [0.5, 0.6) is 0 Å². The first-order chi connectivity index (χ1) is 10.7. The molecule has 22 heavy (non-hydrogen) atoms. The Kier molecular flexibility index (Phi) is 4.98. The van der Waals surface area contributed by atoms with Gasteiger partial charge < -0.3 is 9.51 Å². The zero-order chi connectivity index (χ0) is 15.5. The van der Waals surface area contributed by atoms with Gasteiger partial charge in [-0.3, -0.25) is 9.80 Å². The van der Waals surface area contributed by atoms with Gasteiger partial charge in [0.15, 0.2) is 0 Å². The van der Waals surface area contributed by atoms with Crippen molar-refractivity contribution in [3.05, 3.63) is 35.2 Å². The maximum atomic E-state index is 9.40. The maximum Gasteiger partial charge on any atom is 0.137 e. The van der Waals surface area contributed by atoms with Crippen molar-refractivity contribution in [3.8, 4) is 0 Å². The van der Waals surface area contributed by atoms with Crippen molar-refractivity contribution in [2.24, 2.45) is 0 Å². The molecule has 1 unspecified atom stereocenters. The van der Waals surface area contributed by atoms with E-state index < -0.39 is 0 Å². The van der Waals surface area contributed by atoms with Crippen molar-refractivity contribution >= 4 is 17.2 Å². The summed E-state index contributed by atoms with van der Waals surface area (Å²) in [5.41, 5.74) is 2.01. The highest BCUT2D eigenvalue weighted by atomic mass is 35.5. The Morgan fingerprint density at radius 1 is 1.23 bits per heavy atom. The summed E-state index contributed by atoms with van der Waals surface area (Å²) in [6, 6.07) is 4.11. The first-order valence-corrected chi connectivity index (χ1v) is 8.27. The molecule has 3 rings (SSSR count). The third-order valence-electron chi connectivity index (χ3n) is 4.46. The predicted molar refractivity (Wildman–Crippen MR) is 88.2 cm³/mol. The summed E-state index contributed by atoms with van der Waals surface area (Å²) in [6.07, 6.45) is 4.94. The summed E-state index contributed by atoms with van der Waals surface area (Å²) in [7, 11) is 0. The zero-order valence-electron chi connectivity index (χ0n) is 13.0. The van der Waals surface area contributed by atoms with Crippen molar-refractivity contribution in [2.45, 2.75) is 25.9 Å². The van der Waals surface area contributed by atoms with E-state index in [0.29, 0.717) is 6.04 Å². The van der Waals surface area contributed by atoms with Crippen molar-refractivity contribution in [2.75, 3.05) is 32.8 Å². The van der Waals surface area contributed by atoms with Gasteiger partial charge in [0.05, 0.1) is 17.3 Å². The molecule has 0 bridgehead atoms. The van der Waals surface area contributed by atoms with Gasteiger partial charge in [0, 0.05) is 51.2 Å². The maximum absolute atomic E-state index is 9.40. The lowest BCUT2D eigenvalue weighted by molar-refractivity contribution is 0.0604. The molecule has 6 heteroatoms. The second-order valence-electron chi connectivity index (χ2n) is 5.90. The van der Waals surface area contributed by atoms with Crippen molar-refractivity contribution < 1.29 is 5.11 Å². The quantitative estimate of drug-likeness (QED) is 0.913. The molecule has 0 radical (unpaired) electrons. The van der Waals surface area contributed by atoms with E-state index in [9.17, 15) is 5.11 Å². The van der Waals surface area contributed by atoms with Gasteiger partial charge in [0.25, 0.3) is 0 Å². The minimum atomic E-state index is 0.254. The number of pyridine rings is 1. The number of hydrogen-bond acceptors (Lipinski definition) is 4. The summed E-state index contributed by atoms with van der Waals surface area (Å²) in [4.78, 5) is 9.45. The second kappa shape index (κ2) is 6.96. The Morgan fingerprint density at radius 2 is 2.00 bits per heavy atom. The van der Waals surface area contributed by atoms with Crippen LogP contribution in [0.25, 0.3) is 5.65 Å². The molecule has 1 N–H and O–H groups in total. The van der Waals surface area contributed by atoms with Gasteiger partial charge >= 0.3 is 0 Å². The number of halogens is 1. The van der Waals surface area contributed by atoms with Gasteiger partial charge in [-0.15, -0.1) is 0 Å². The molecular weight excluding hydrogens is 300 g/mol. The van der Waals surface area contributed by atoms with Crippen molar-refractivity contribution in [1.82, 2.24) is 19.2 Å². The number of hydrogen-bond donors (Lipinski definition) is 1. The Balaban J connectivity index is 1.60. The van der Waals surface area contributed by atoms with Gasteiger partial charge in [0.1, 0.15) is 5.65 Å². The van der Waals surface area contributed by atoms with Gasteiger partial charge in [0.2, 0.25) is 0 Å². The topological polar surface area (TPSA) is 44.0 Å². The van der Waals surface area contributed by atoms with Gasteiger partial charge in [-0.2, -0.15) is 0 Å². The first kappa shape index (κ1) is 15.7. The second-order valence-corrected chi connectivity index (χ2v) is 6.34. The average Bonchev–Trinajstić information content (AvgIpc) is 2.91. The lowest BCUT2D eigenvalue weighted by Crippen LogP contribution is -2.50. The van der Waals surface area contributed by atoms with Crippen LogP contribution in [0.15, 0.2) is 24.5 Å². The first-order valence-electron chi connectivity index (χ1n) is 7.90. The van der Waals surface area contributed by atoms with Gasteiger partial charge in [-0.25, -0.2) is 4.98 Å². The summed E-state index contributed by atoms with van der Waals surface area (Å²) in [5, 5.41) is 10.1. The smallest absolute Gasteiger partial charge is 0.137 e. The largest absolute Gasteiger partial charge is 0.395 e. The van der Waals surface area contributed by atoms with E-state index in [2.05, 4.69) is 27.9 Å². The SMILES string of the molecule is CCC(CO)N1CCN(Cc2cn3cc(Cl)ccc3n2)CC1. The van der Waals surface area contributed by atoms with Crippen molar-refractivity contribution in [3.63, 3.8) is 0 Å². The number of aliphatic hydroxyl groups is 1. The van der Waals surface area contributed by atoms with E-state index in [1.54, 1.807) is 0 Å². The van der Waals surface area contributed by atoms with E-state index in [1.165, 1.54) is 0 Å². The minimum Gasteiger partial charge on any atom is -0.395 e. The number of aliphatic hydroxyl groups excluding tert-OH is 1. The van der Waals surface area contributed by atoms with Crippen LogP contribution in [-0.4, -0.2) is 63.1 Å². The fraction of sp³-hybridized carbons (Fsp3) is 0.562. The fourth-order valence-corrected chi connectivity index (χ4v) is 3.28. The van der Waals surface area contributed by atoms with Crippen LogP contribution in [0.4, 0.5) is 0 Å². The molecule has 1 fully saturated rings. The molecule has 0 saturated carbocycles. The number of nitrogens with zero attached hydrogens (tertiary/aromatic N) is 4. The monoisotopic (exact) mass is 322 g/mol. The fourth-order valence-electron chi connectivity index (χ4n) is 3.11. The highest BCUT2D eigenvalue weighted by Gasteiger charge is 2.22. The van der Waals surface area contributed by atoms with Crippen LogP contribution < -0.4 is 0 Å². The van der Waals surface area contributed by atoms with Gasteiger partial charge in [-0.05, 0) is 18.6 Å². The Morgan fingerprint density at radius 3 is 2.68 bits per heavy atom. The third kappa shape index (κ3) is 3.43.